The number of benzene rings is 1. The summed E-state index contributed by atoms with van der Waals surface area (Å²) in [7, 11) is 0. The molecule has 1 spiro atoms. The van der Waals surface area contributed by atoms with Crippen LogP contribution in [0.2, 0.25) is 0 Å². The number of carbonyl (C=O) groups is 2. The lowest BCUT2D eigenvalue weighted by atomic mass is 9.51. The minimum atomic E-state index is -1.26. The molecule has 3 aliphatic rings. The second-order valence-electron chi connectivity index (χ2n) is 11.3. The Balaban J connectivity index is 1.92. The standard InChI is InChI=1S/C30H39NO5/c1-18-10-9-13-23-27(33)20(3)19(2)26-24(16-22-11-7-6-8-12-22)31-28(34)30(23,26)25(36-21(4)32)14-15-29(5,35)17-18/h6-9,11-15,18-19,23-27,33,35H,3,10,16-17H2,1-2,4-5H3,(H,31,34)/b13-9+,15-14+/t18-,19+,23-,24-,25+,26-,27?,29-,30+/m0/s1. The van der Waals surface area contributed by atoms with Gasteiger partial charge in [0.25, 0.3) is 0 Å². The van der Waals surface area contributed by atoms with Gasteiger partial charge in [0.15, 0.2) is 0 Å². The Kier molecular flexibility index (Phi) is 7.31. The van der Waals surface area contributed by atoms with Crippen LogP contribution in [0, 0.1) is 29.1 Å². The van der Waals surface area contributed by atoms with Crippen molar-refractivity contribution in [2.24, 2.45) is 29.1 Å². The van der Waals surface area contributed by atoms with Crippen LogP contribution < -0.4 is 5.32 Å². The number of rotatable bonds is 3. The third-order valence-corrected chi connectivity index (χ3v) is 8.43. The molecule has 1 aliphatic heterocycles. The molecule has 9 atom stereocenters. The molecule has 1 amide bonds. The molecule has 2 fully saturated rings. The summed E-state index contributed by atoms with van der Waals surface area (Å²) >= 11 is 0. The number of aliphatic hydroxyl groups is 2. The summed E-state index contributed by atoms with van der Waals surface area (Å²) in [6.45, 7) is 11.3. The van der Waals surface area contributed by atoms with Crippen LogP contribution >= 0.6 is 0 Å². The number of allylic oxidation sites excluding steroid dienone is 1. The molecule has 6 nitrogen and oxygen atoms in total. The smallest absolute Gasteiger partial charge is 0.303 e. The van der Waals surface area contributed by atoms with E-state index in [1.54, 1.807) is 19.1 Å². The summed E-state index contributed by atoms with van der Waals surface area (Å²) < 4.78 is 5.89. The van der Waals surface area contributed by atoms with Gasteiger partial charge in [-0.2, -0.15) is 0 Å². The molecule has 36 heavy (non-hydrogen) atoms. The largest absolute Gasteiger partial charge is 0.457 e. The Hall–Kier alpha value is -2.70. The van der Waals surface area contributed by atoms with Crippen molar-refractivity contribution in [2.75, 3.05) is 0 Å². The van der Waals surface area contributed by atoms with Crippen LogP contribution in [0.25, 0.3) is 0 Å². The average molecular weight is 494 g/mol. The molecule has 0 aromatic heterocycles. The predicted molar refractivity (Wildman–Crippen MR) is 139 cm³/mol. The quantitative estimate of drug-likeness (QED) is 0.440. The molecule has 0 radical (unpaired) electrons. The van der Waals surface area contributed by atoms with Crippen LogP contribution in [-0.2, 0) is 20.7 Å². The van der Waals surface area contributed by atoms with Crippen LogP contribution in [-0.4, -0.2) is 45.9 Å². The van der Waals surface area contributed by atoms with Crippen molar-refractivity contribution in [3.05, 3.63) is 72.4 Å². The summed E-state index contributed by atoms with van der Waals surface area (Å²) in [4.78, 5) is 26.5. The van der Waals surface area contributed by atoms with Gasteiger partial charge in [0.05, 0.1) is 11.7 Å². The van der Waals surface area contributed by atoms with Crippen molar-refractivity contribution in [1.29, 1.82) is 0 Å². The lowest BCUT2D eigenvalue weighted by molar-refractivity contribution is -0.166. The molecule has 1 aromatic rings. The minimum Gasteiger partial charge on any atom is -0.457 e. The van der Waals surface area contributed by atoms with Crippen LogP contribution in [0.4, 0.5) is 0 Å². The third kappa shape index (κ3) is 4.69. The fourth-order valence-corrected chi connectivity index (χ4v) is 6.90. The third-order valence-electron chi connectivity index (χ3n) is 8.43. The van der Waals surface area contributed by atoms with E-state index in [-0.39, 0.29) is 29.7 Å². The van der Waals surface area contributed by atoms with Gasteiger partial charge in [0.1, 0.15) is 11.5 Å². The highest BCUT2D eigenvalue weighted by Crippen LogP contribution is 2.58. The van der Waals surface area contributed by atoms with Crippen LogP contribution in [0.5, 0.6) is 0 Å². The molecular formula is C30H39NO5. The van der Waals surface area contributed by atoms with Crippen LogP contribution in [0.3, 0.4) is 0 Å². The van der Waals surface area contributed by atoms with Crippen LogP contribution in [0.15, 0.2) is 66.8 Å². The van der Waals surface area contributed by atoms with Gasteiger partial charge < -0.3 is 20.3 Å². The first kappa shape index (κ1) is 26.4. The maximum atomic E-state index is 14.2. The normalized spacial score (nSPS) is 42.3. The second-order valence-corrected chi connectivity index (χ2v) is 11.3. The van der Waals surface area contributed by atoms with Gasteiger partial charge in [-0.1, -0.05) is 69.0 Å². The van der Waals surface area contributed by atoms with Crippen molar-refractivity contribution in [2.45, 2.75) is 70.8 Å². The highest BCUT2D eigenvalue weighted by Gasteiger charge is 2.68. The topological polar surface area (TPSA) is 95.9 Å². The Bertz CT molecular complexity index is 1060. The zero-order chi connectivity index (χ0) is 26.3. The number of esters is 1. The van der Waals surface area contributed by atoms with Crippen molar-refractivity contribution >= 4 is 11.9 Å². The number of aliphatic hydroxyl groups excluding tert-OH is 1. The first-order valence-electron chi connectivity index (χ1n) is 12.9. The first-order chi connectivity index (χ1) is 17.0. The highest BCUT2D eigenvalue weighted by atomic mass is 16.5. The molecule has 4 rings (SSSR count). The molecule has 1 aromatic carbocycles. The van der Waals surface area contributed by atoms with Gasteiger partial charge in [-0.3, -0.25) is 9.59 Å². The predicted octanol–water partition coefficient (Wildman–Crippen LogP) is 3.74. The Morgan fingerprint density at radius 2 is 1.92 bits per heavy atom. The Labute approximate surface area is 214 Å². The van der Waals surface area contributed by atoms with E-state index < -0.39 is 35.1 Å². The Morgan fingerprint density at radius 1 is 1.22 bits per heavy atom. The van der Waals surface area contributed by atoms with Crippen molar-refractivity contribution in [3.8, 4) is 0 Å². The fourth-order valence-electron chi connectivity index (χ4n) is 6.90. The second kappa shape index (κ2) is 9.98. The lowest BCUT2D eigenvalue weighted by Gasteiger charge is -2.52. The van der Waals surface area contributed by atoms with E-state index in [4.69, 9.17) is 4.74 Å². The molecule has 0 bridgehead atoms. The molecule has 194 valence electrons. The van der Waals surface area contributed by atoms with Crippen LogP contribution in [0.1, 0.15) is 46.1 Å². The van der Waals surface area contributed by atoms with Gasteiger partial charge in [-0.05, 0) is 55.2 Å². The van der Waals surface area contributed by atoms with E-state index in [1.807, 2.05) is 49.4 Å². The van der Waals surface area contributed by atoms with E-state index in [2.05, 4.69) is 18.8 Å². The number of ether oxygens (including phenoxy) is 1. The lowest BCUT2D eigenvalue weighted by Crippen LogP contribution is -2.60. The summed E-state index contributed by atoms with van der Waals surface area (Å²) in [5.74, 6) is -1.75. The molecular weight excluding hydrogens is 454 g/mol. The number of hydrogen-bond acceptors (Lipinski definition) is 5. The summed E-state index contributed by atoms with van der Waals surface area (Å²) in [6, 6.07) is 9.73. The maximum absolute atomic E-state index is 14.2. The summed E-state index contributed by atoms with van der Waals surface area (Å²) in [6.07, 6.45) is 7.09. The van der Waals surface area contributed by atoms with Gasteiger partial charge in [0, 0.05) is 24.8 Å². The van der Waals surface area contributed by atoms with E-state index in [9.17, 15) is 19.8 Å². The van der Waals surface area contributed by atoms with Gasteiger partial charge >= 0.3 is 5.97 Å². The molecule has 3 N–H and O–H groups in total. The molecule has 1 heterocycles. The van der Waals surface area contributed by atoms with Crippen molar-refractivity contribution in [3.63, 3.8) is 0 Å². The SMILES string of the molecule is C=C1C(O)[C@@H]2/C=C/C[C@H](C)C[C@@](C)(O)/C=C/[C@@H](OC(C)=O)[C@]23C(=O)N[C@@H](Cc2ccccc2)[C@@H]3[C@@H]1C. The first-order valence-corrected chi connectivity index (χ1v) is 12.9. The summed E-state index contributed by atoms with van der Waals surface area (Å²) in [5, 5.41) is 25.8. The van der Waals surface area contributed by atoms with Gasteiger partial charge in [-0.25, -0.2) is 0 Å². The molecule has 1 saturated heterocycles. The average Bonchev–Trinajstić information content (AvgIpc) is 3.08. The molecule has 2 aliphatic carbocycles. The monoisotopic (exact) mass is 493 g/mol. The fraction of sp³-hybridized carbons (Fsp3) is 0.533. The van der Waals surface area contributed by atoms with E-state index in [0.717, 1.165) is 5.56 Å². The van der Waals surface area contributed by atoms with E-state index in [1.165, 1.54) is 6.92 Å². The minimum absolute atomic E-state index is 0.170. The number of nitrogens with one attached hydrogen (secondary N) is 1. The molecule has 1 saturated carbocycles. The van der Waals surface area contributed by atoms with Crippen molar-refractivity contribution in [1.82, 2.24) is 5.32 Å². The van der Waals surface area contributed by atoms with E-state index in [0.29, 0.717) is 24.8 Å². The zero-order valence-electron chi connectivity index (χ0n) is 21.7. The Morgan fingerprint density at radius 3 is 2.58 bits per heavy atom. The van der Waals surface area contributed by atoms with E-state index >= 15 is 0 Å². The maximum Gasteiger partial charge on any atom is 0.303 e. The molecule has 6 heteroatoms. The summed E-state index contributed by atoms with van der Waals surface area (Å²) in [5.41, 5.74) is -0.635. The number of carbonyl (C=O) groups excluding carboxylic acids is 2. The van der Waals surface area contributed by atoms with Gasteiger partial charge in [-0.15, -0.1) is 0 Å². The van der Waals surface area contributed by atoms with Crippen molar-refractivity contribution < 1.29 is 24.5 Å². The number of amides is 1. The molecule has 1 unspecified atom stereocenters. The number of hydrogen-bond donors (Lipinski definition) is 3. The highest BCUT2D eigenvalue weighted by molar-refractivity contribution is 5.89. The van der Waals surface area contributed by atoms with Gasteiger partial charge in [0.2, 0.25) is 5.91 Å². The zero-order valence-corrected chi connectivity index (χ0v) is 21.7.